The molecule has 1 aliphatic rings. The molecule has 0 fully saturated rings. The lowest BCUT2D eigenvalue weighted by Gasteiger charge is -2.15. The van der Waals surface area contributed by atoms with Crippen molar-refractivity contribution in [2.75, 3.05) is 22.6 Å². The summed E-state index contributed by atoms with van der Waals surface area (Å²) in [5.74, 6) is -5.68. The number of primary amides is 1. The average Bonchev–Trinajstić information content (AvgIpc) is 3.28. The highest BCUT2D eigenvalue weighted by molar-refractivity contribution is 6.05. The van der Waals surface area contributed by atoms with Crippen LogP contribution in [0.1, 0.15) is 30.1 Å². The van der Waals surface area contributed by atoms with Gasteiger partial charge in [0.25, 0.3) is 5.89 Å². The molecule has 0 saturated carbocycles. The average molecular weight is 443 g/mol. The Morgan fingerprint density at radius 1 is 1.25 bits per heavy atom. The fourth-order valence-electron chi connectivity index (χ4n) is 3.30. The van der Waals surface area contributed by atoms with E-state index in [-0.39, 0.29) is 29.1 Å². The fourth-order valence-corrected chi connectivity index (χ4v) is 3.30. The third-order valence-corrected chi connectivity index (χ3v) is 4.76. The highest BCUT2D eigenvalue weighted by Gasteiger charge is 2.51. The van der Waals surface area contributed by atoms with Crippen LogP contribution in [-0.2, 0) is 10.7 Å². The largest absolute Gasteiger partial charge is 0.412 e. The summed E-state index contributed by atoms with van der Waals surface area (Å²) < 4.78 is 33.9. The van der Waals surface area contributed by atoms with Crippen LogP contribution in [0.2, 0.25) is 0 Å². The number of anilines is 4. The number of rotatable bonds is 6. The first-order valence-electron chi connectivity index (χ1n) is 9.55. The van der Waals surface area contributed by atoms with Crippen molar-refractivity contribution in [3.63, 3.8) is 0 Å². The number of likely N-dealkylation sites (N-methyl/N-ethyl adjacent to an activating group) is 1. The van der Waals surface area contributed by atoms with Crippen molar-refractivity contribution in [3.8, 4) is 11.5 Å². The van der Waals surface area contributed by atoms with E-state index in [0.29, 0.717) is 22.8 Å². The van der Waals surface area contributed by atoms with E-state index in [4.69, 9.17) is 10.2 Å². The second-order valence-electron chi connectivity index (χ2n) is 7.49. The molecule has 10 nitrogen and oxygen atoms in total. The number of nitrogens with two attached hydrogens (primary N) is 1. The Morgan fingerprint density at radius 3 is 2.66 bits per heavy atom. The normalized spacial score (nSPS) is 14.6. The van der Waals surface area contributed by atoms with Gasteiger partial charge >= 0.3 is 23.6 Å². The van der Waals surface area contributed by atoms with E-state index in [9.17, 15) is 18.4 Å². The minimum atomic E-state index is -3.60. The number of carbonyl (C=O) groups excluding carboxylic acids is 2. The zero-order valence-electron chi connectivity index (χ0n) is 17.3. The smallest absolute Gasteiger partial charge is 0.352 e. The number of nitrogens with one attached hydrogen (secondary N) is 2. The Hall–Kier alpha value is -4.09. The molecular weight excluding hydrogens is 424 g/mol. The van der Waals surface area contributed by atoms with Gasteiger partial charge in [-0.1, -0.05) is 0 Å². The number of amides is 2. The van der Waals surface area contributed by atoms with Crippen LogP contribution in [0.4, 0.5) is 31.7 Å². The number of hydrogen-bond acceptors (Lipinski definition) is 8. The molecule has 4 N–H and O–H groups in total. The van der Waals surface area contributed by atoms with Crippen LogP contribution >= 0.6 is 0 Å². The van der Waals surface area contributed by atoms with Crippen molar-refractivity contribution >= 4 is 34.7 Å². The van der Waals surface area contributed by atoms with E-state index in [1.54, 1.807) is 12.1 Å². The molecule has 0 bridgehead atoms. The molecule has 2 amide bonds. The molecule has 166 valence electrons. The SMILES string of the molecule is CC(C)Nc1cc(Nc2ccc3c(c2)C(F)(F)C(=O)N3C)ncc1-c1nnc(C(N)=O)o1. The van der Waals surface area contributed by atoms with Gasteiger partial charge in [-0.15, -0.1) is 10.2 Å². The van der Waals surface area contributed by atoms with Gasteiger partial charge in [-0.25, -0.2) is 4.98 Å². The van der Waals surface area contributed by atoms with Gasteiger partial charge in [-0.05, 0) is 32.0 Å². The van der Waals surface area contributed by atoms with Crippen LogP contribution < -0.4 is 21.3 Å². The summed E-state index contributed by atoms with van der Waals surface area (Å²) in [4.78, 5) is 28.2. The minimum Gasteiger partial charge on any atom is -0.412 e. The molecular formula is C20H19F2N7O3. The lowest BCUT2D eigenvalue weighted by atomic mass is 10.1. The summed E-state index contributed by atoms with van der Waals surface area (Å²) in [7, 11) is 1.31. The van der Waals surface area contributed by atoms with E-state index in [2.05, 4.69) is 25.8 Å². The second-order valence-corrected chi connectivity index (χ2v) is 7.49. The van der Waals surface area contributed by atoms with E-state index in [1.807, 2.05) is 13.8 Å². The van der Waals surface area contributed by atoms with Crippen LogP contribution in [-0.4, -0.2) is 40.1 Å². The monoisotopic (exact) mass is 443 g/mol. The number of fused-ring (bicyclic) bond motifs is 1. The summed E-state index contributed by atoms with van der Waals surface area (Å²) in [5, 5.41) is 13.6. The van der Waals surface area contributed by atoms with Gasteiger partial charge in [-0.3, -0.25) is 9.59 Å². The molecule has 32 heavy (non-hydrogen) atoms. The first-order chi connectivity index (χ1) is 15.1. The van der Waals surface area contributed by atoms with Gasteiger partial charge in [0.2, 0.25) is 0 Å². The maximum absolute atomic E-state index is 14.3. The molecule has 3 heterocycles. The van der Waals surface area contributed by atoms with Crippen molar-refractivity contribution in [2.24, 2.45) is 5.73 Å². The van der Waals surface area contributed by atoms with Crippen molar-refractivity contribution in [1.29, 1.82) is 0 Å². The first kappa shape index (κ1) is 21.2. The maximum atomic E-state index is 14.3. The molecule has 0 saturated heterocycles. The van der Waals surface area contributed by atoms with Gasteiger partial charge in [0, 0.05) is 31.0 Å². The molecule has 0 spiro atoms. The minimum absolute atomic E-state index is 0.0165. The predicted octanol–water partition coefficient (Wildman–Crippen LogP) is 2.86. The number of hydrogen-bond donors (Lipinski definition) is 3. The van der Waals surface area contributed by atoms with E-state index < -0.39 is 17.7 Å². The highest BCUT2D eigenvalue weighted by atomic mass is 19.3. The van der Waals surface area contributed by atoms with Crippen LogP contribution in [0.3, 0.4) is 0 Å². The molecule has 1 aromatic carbocycles. The Balaban J connectivity index is 1.67. The Morgan fingerprint density at radius 2 is 2.00 bits per heavy atom. The molecule has 0 unspecified atom stereocenters. The summed E-state index contributed by atoms with van der Waals surface area (Å²) in [6, 6.07) is 5.89. The van der Waals surface area contributed by atoms with Crippen molar-refractivity contribution in [1.82, 2.24) is 15.2 Å². The summed E-state index contributed by atoms with van der Waals surface area (Å²) in [6.45, 7) is 3.83. The number of carbonyl (C=O) groups is 2. The predicted molar refractivity (Wildman–Crippen MR) is 112 cm³/mol. The molecule has 0 aliphatic carbocycles. The maximum Gasteiger partial charge on any atom is 0.352 e. The van der Waals surface area contributed by atoms with Crippen LogP contribution in [0.5, 0.6) is 0 Å². The Kier molecular flexibility index (Phi) is 4.99. The van der Waals surface area contributed by atoms with Gasteiger partial charge in [0.1, 0.15) is 5.82 Å². The molecule has 4 rings (SSSR count). The number of alkyl halides is 2. The third-order valence-electron chi connectivity index (χ3n) is 4.76. The number of halogens is 2. The molecule has 3 aromatic rings. The molecule has 0 radical (unpaired) electrons. The molecule has 12 heteroatoms. The van der Waals surface area contributed by atoms with E-state index >= 15 is 0 Å². The summed E-state index contributed by atoms with van der Waals surface area (Å²) >= 11 is 0. The standard InChI is InChI=1S/C20H19F2N7O3/c1-9(2)25-13-7-15(24-8-11(13)17-27-28-18(32-17)16(23)30)26-10-4-5-14-12(6-10)20(21,22)19(31)29(14)3/h4-9H,1-3H3,(H2,23,30)(H2,24,25,26). The number of nitrogens with zero attached hydrogens (tertiary/aromatic N) is 4. The molecule has 2 aromatic heterocycles. The van der Waals surface area contributed by atoms with Crippen molar-refractivity contribution < 1.29 is 22.8 Å². The lowest BCUT2D eigenvalue weighted by Crippen LogP contribution is -2.31. The Bertz CT molecular complexity index is 1230. The lowest BCUT2D eigenvalue weighted by molar-refractivity contribution is -0.141. The number of benzene rings is 1. The zero-order chi connectivity index (χ0) is 23.2. The van der Waals surface area contributed by atoms with Crippen LogP contribution in [0.15, 0.2) is 34.9 Å². The highest BCUT2D eigenvalue weighted by Crippen LogP contribution is 2.44. The third kappa shape index (κ3) is 3.59. The van der Waals surface area contributed by atoms with Gasteiger partial charge in [0.15, 0.2) is 0 Å². The fraction of sp³-hybridized carbons (Fsp3) is 0.250. The summed E-state index contributed by atoms with van der Waals surface area (Å²) in [5.41, 5.74) is 6.24. The van der Waals surface area contributed by atoms with Gasteiger partial charge in [0.05, 0.1) is 22.5 Å². The van der Waals surface area contributed by atoms with Gasteiger partial charge < -0.3 is 25.7 Å². The van der Waals surface area contributed by atoms with Crippen molar-refractivity contribution in [3.05, 3.63) is 41.9 Å². The quantitative estimate of drug-likeness (QED) is 0.528. The van der Waals surface area contributed by atoms with Crippen LogP contribution in [0.25, 0.3) is 11.5 Å². The number of aromatic nitrogens is 3. The molecule has 0 atom stereocenters. The topological polar surface area (TPSA) is 139 Å². The van der Waals surface area contributed by atoms with Gasteiger partial charge in [-0.2, -0.15) is 8.78 Å². The summed E-state index contributed by atoms with van der Waals surface area (Å²) in [6.07, 6.45) is 1.44. The van der Waals surface area contributed by atoms with E-state index in [0.717, 1.165) is 4.90 Å². The first-order valence-corrected chi connectivity index (χ1v) is 9.55. The Labute approximate surface area is 180 Å². The second kappa shape index (κ2) is 7.55. The molecule has 1 aliphatic heterocycles. The zero-order valence-corrected chi connectivity index (χ0v) is 17.3. The van der Waals surface area contributed by atoms with E-state index in [1.165, 1.54) is 25.4 Å². The van der Waals surface area contributed by atoms with Crippen LogP contribution in [0, 0.1) is 0 Å². The van der Waals surface area contributed by atoms with Crippen molar-refractivity contribution in [2.45, 2.75) is 25.8 Å². The number of pyridine rings is 1.